The number of carbonyl (C=O) groups is 1. The Morgan fingerprint density at radius 1 is 1.05 bits per heavy atom. The maximum Gasteiger partial charge on any atom is 0.357 e. The van der Waals surface area contributed by atoms with Crippen LogP contribution >= 0.6 is 23.2 Å². The predicted octanol–water partition coefficient (Wildman–Crippen LogP) is 4.01. The largest absolute Gasteiger partial charge is 0.476 e. The van der Waals surface area contributed by atoms with Crippen LogP contribution in [0.15, 0.2) is 42.6 Å². The zero-order chi connectivity index (χ0) is 14.3. The summed E-state index contributed by atoms with van der Waals surface area (Å²) in [6, 6.07) is 10.9. The normalized spacial score (nSPS) is 10.9. The molecule has 0 bridgehead atoms. The van der Waals surface area contributed by atoms with E-state index in [0.29, 0.717) is 10.7 Å². The number of aromatic carboxylic acids is 1. The molecular weight excluding hydrogens is 299 g/mol. The van der Waals surface area contributed by atoms with Crippen molar-refractivity contribution in [3.63, 3.8) is 0 Å². The van der Waals surface area contributed by atoms with Crippen LogP contribution in [-0.4, -0.2) is 20.5 Å². The minimum absolute atomic E-state index is 0.0864. The van der Waals surface area contributed by atoms with Crippen LogP contribution in [-0.2, 0) is 0 Å². The molecule has 0 aliphatic rings. The van der Waals surface area contributed by atoms with Crippen molar-refractivity contribution in [2.45, 2.75) is 0 Å². The van der Waals surface area contributed by atoms with Crippen molar-refractivity contribution in [2.75, 3.05) is 0 Å². The van der Waals surface area contributed by atoms with Crippen molar-refractivity contribution in [1.82, 2.24) is 9.38 Å². The summed E-state index contributed by atoms with van der Waals surface area (Å²) in [5.41, 5.74) is 2.19. The second-order valence-electron chi connectivity index (χ2n) is 4.21. The maximum absolute atomic E-state index is 11.0. The van der Waals surface area contributed by atoms with Crippen LogP contribution < -0.4 is 0 Å². The molecule has 0 radical (unpaired) electrons. The number of benzene rings is 1. The van der Waals surface area contributed by atoms with Gasteiger partial charge in [-0.05, 0) is 35.4 Å². The highest BCUT2D eigenvalue weighted by atomic mass is 35.5. The molecule has 100 valence electrons. The molecule has 1 N–H and O–H groups in total. The van der Waals surface area contributed by atoms with E-state index in [1.807, 2.05) is 18.2 Å². The lowest BCUT2D eigenvalue weighted by molar-refractivity contribution is 0.0691. The number of imidazole rings is 1. The van der Waals surface area contributed by atoms with Gasteiger partial charge in [-0.25, -0.2) is 9.78 Å². The standard InChI is InChI=1S/C14H8Cl2N2O2/c15-10-4-1-8(2-5-10)9-3-6-11-17-12(14(19)20)13(16)18(11)7-9/h1-7H,(H,19,20). The van der Waals surface area contributed by atoms with Crippen molar-refractivity contribution in [2.24, 2.45) is 0 Å². The molecule has 3 rings (SSSR count). The molecule has 0 spiro atoms. The lowest BCUT2D eigenvalue weighted by Gasteiger charge is -2.03. The first-order valence-corrected chi connectivity index (χ1v) is 6.48. The number of halogens is 2. The first-order valence-electron chi connectivity index (χ1n) is 5.73. The number of rotatable bonds is 2. The lowest BCUT2D eigenvalue weighted by Crippen LogP contribution is -1.96. The number of hydrogen-bond acceptors (Lipinski definition) is 2. The highest BCUT2D eigenvalue weighted by Gasteiger charge is 2.16. The van der Waals surface area contributed by atoms with Crippen LogP contribution in [0.3, 0.4) is 0 Å². The number of carboxylic acid groups (broad SMARTS) is 1. The van der Waals surface area contributed by atoms with E-state index in [0.717, 1.165) is 11.1 Å². The molecule has 0 atom stereocenters. The van der Waals surface area contributed by atoms with E-state index >= 15 is 0 Å². The van der Waals surface area contributed by atoms with E-state index in [1.54, 1.807) is 28.8 Å². The number of hydrogen-bond donors (Lipinski definition) is 1. The van der Waals surface area contributed by atoms with Gasteiger partial charge in [0.1, 0.15) is 10.8 Å². The molecule has 2 heterocycles. The van der Waals surface area contributed by atoms with Crippen LogP contribution in [0.2, 0.25) is 10.2 Å². The Hall–Kier alpha value is -2.04. The van der Waals surface area contributed by atoms with Crippen molar-refractivity contribution in [3.8, 4) is 11.1 Å². The second-order valence-corrected chi connectivity index (χ2v) is 5.00. The van der Waals surface area contributed by atoms with E-state index in [1.165, 1.54) is 0 Å². The Kier molecular flexibility index (Phi) is 3.12. The van der Waals surface area contributed by atoms with E-state index < -0.39 is 5.97 Å². The third-order valence-corrected chi connectivity index (χ3v) is 3.55. The van der Waals surface area contributed by atoms with E-state index in [-0.39, 0.29) is 10.8 Å². The van der Waals surface area contributed by atoms with Gasteiger partial charge in [0.15, 0.2) is 5.69 Å². The Balaban J connectivity index is 2.17. The third kappa shape index (κ3) is 2.13. The van der Waals surface area contributed by atoms with Gasteiger partial charge in [-0.3, -0.25) is 4.40 Å². The van der Waals surface area contributed by atoms with Crippen LogP contribution in [0.5, 0.6) is 0 Å². The fourth-order valence-corrected chi connectivity index (χ4v) is 2.35. The SMILES string of the molecule is O=C(O)c1nc2ccc(-c3ccc(Cl)cc3)cn2c1Cl. The molecule has 0 saturated heterocycles. The van der Waals surface area contributed by atoms with Gasteiger partial charge in [0.05, 0.1) is 0 Å². The number of aromatic nitrogens is 2. The van der Waals surface area contributed by atoms with E-state index in [9.17, 15) is 4.79 Å². The summed E-state index contributed by atoms with van der Waals surface area (Å²) in [6.07, 6.45) is 1.75. The zero-order valence-electron chi connectivity index (χ0n) is 10.0. The maximum atomic E-state index is 11.0. The highest BCUT2D eigenvalue weighted by Crippen LogP contribution is 2.25. The molecule has 2 aromatic heterocycles. The Morgan fingerprint density at radius 2 is 1.70 bits per heavy atom. The smallest absolute Gasteiger partial charge is 0.357 e. The molecule has 0 saturated carbocycles. The quantitative estimate of drug-likeness (QED) is 0.778. The summed E-state index contributed by atoms with van der Waals surface area (Å²) in [7, 11) is 0. The third-order valence-electron chi connectivity index (χ3n) is 2.94. The monoisotopic (exact) mass is 306 g/mol. The first-order chi connectivity index (χ1) is 9.56. The topological polar surface area (TPSA) is 54.6 Å². The number of fused-ring (bicyclic) bond motifs is 1. The van der Waals surface area contributed by atoms with Crippen LogP contribution in [0.4, 0.5) is 0 Å². The number of carboxylic acids is 1. The van der Waals surface area contributed by atoms with Crippen molar-refractivity contribution in [3.05, 3.63) is 58.5 Å². The molecule has 0 aliphatic carbocycles. The van der Waals surface area contributed by atoms with Crippen molar-refractivity contribution < 1.29 is 9.90 Å². The fraction of sp³-hybridized carbons (Fsp3) is 0. The van der Waals surface area contributed by atoms with Gasteiger partial charge in [-0.2, -0.15) is 0 Å². The Morgan fingerprint density at radius 3 is 2.35 bits per heavy atom. The summed E-state index contributed by atoms with van der Waals surface area (Å²) >= 11 is 11.9. The first kappa shape index (κ1) is 13.0. The molecule has 0 unspecified atom stereocenters. The van der Waals surface area contributed by atoms with Gasteiger partial charge in [0.25, 0.3) is 0 Å². The molecule has 20 heavy (non-hydrogen) atoms. The van der Waals surface area contributed by atoms with E-state index in [2.05, 4.69) is 4.98 Å². The summed E-state index contributed by atoms with van der Waals surface area (Å²) in [5, 5.41) is 9.75. The van der Waals surface area contributed by atoms with Gasteiger partial charge < -0.3 is 5.11 Å². The molecular formula is C14H8Cl2N2O2. The summed E-state index contributed by atoms with van der Waals surface area (Å²) < 4.78 is 1.55. The molecule has 0 fully saturated rings. The molecule has 6 heteroatoms. The second kappa shape index (κ2) is 4.81. The van der Waals surface area contributed by atoms with Gasteiger partial charge in [-0.15, -0.1) is 0 Å². The number of pyridine rings is 1. The minimum Gasteiger partial charge on any atom is -0.476 e. The zero-order valence-corrected chi connectivity index (χ0v) is 11.6. The van der Waals surface area contributed by atoms with Crippen LogP contribution in [0.25, 0.3) is 16.8 Å². The average molecular weight is 307 g/mol. The van der Waals surface area contributed by atoms with Gasteiger partial charge >= 0.3 is 5.97 Å². The molecule has 0 aliphatic heterocycles. The van der Waals surface area contributed by atoms with Gasteiger partial charge in [0, 0.05) is 11.2 Å². The molecule has 1 aromatic carbocycles. The van der Waals surface area contributed by atoms with Crippen LogP contribution in [0.1, 0.15) is 10.5 Å². The predicted molar refractivity (Wildman–Crippen MR) is 77.6 cm³/mol. The van der Waals surface area contributed by atoms with Crippen LogP contribution in [0, 0.1) is 0 Å². The fourth-order valence-electron chi connectivity index (χ4n) is 1.97. The molecule has 0 amide bonds. The molecule has 3 aromatic rings. The van der Waals surface area contributed by atoms with Gasteiger partial charge in [0.2, 0.25) is 0 Å². The van der Waals surface area contributed by atoms with E-state index in [4.69, 9.17) is 28.3 Å². The summed E-state index contributed by atoms with van der Waals surface area (Å²) in [6.45, 7) is 0. The summed E-state index contributed by atoms with van der Waals surface area (Å²) in [4.78, 5) is 15.0. The summed E-state index contributed by atoms with van der Waals surface area (Å²) in [5.74, 6) is -1.15. The number of nitrogens with zero attached hydrogens (tertiary/aromatic N) is 2. The molecule has 4 nitrogen and oxygen atoms in total. The van der Waals surface area contributed by atoms with Crippen molar-refractivity contribution in [1.29, 1.82) is 0 Å². The van der Waals surface area contributed by atoms with Crippen molar-refractivity contribution >= 4 is 34.8 Å². The highest BCUT2D eigenvalue weighted by molar-refractivity contribution is 6.32. The minimum atomic E-state index is -1.15. The Bertz CT molecular complexity index is 810. The van der Waals surface area contributed by atoms with Gasteiger partial charge in [-0.1, -0.05) is 35.3 Å². The average Bonchev–Trinajstić information content (AvgIpc) is 2.77. The Labute approximate surface area is 124 Å². The lowest BCUT2D eigenvalue weighted by atomic mass is 10.1.